The van der Waals surface area contributed by atoms with E-state index in [0.717, 1.165) is 25.0 Å². The third-order valence-corrected chi connectivity index (χ3v) is 4.01. The van der Waals surface area contributed by atoms with Crippen LogP contribution in [-0.2, 0) is 13.5 Å². The lowest BCUT2D eigenvalue weighted by atomic mass is 9.82. The van der Waals surface area contributed by atoms with Crippen molar-refractivity contribution >= 4 is 0 Å². The molecule has 96 valence electrons. The summed E-state index contributed by atoms with van der Waals surface area (Å²) in [6.07, 6.45) is 8.76. The van der Waals surface area contributed by atoms with Gasteiger partial charge in [0, 0.05) is 25.2 Å². The average Bonchev–Trinajstić information content (AvgIpc) is 2.55. The highest BCUT2D eigenvalue weighted by Crippen LogP contribution is 2.38. The quantitative estimate of drug-likeness (QED) is 0.799. The van der Waals surface area contributed by atoms with E-state index < -0.39 is 0 Å². The Hall–Kier alpha value is -0.900. The molecular weight excluding hydrogens is 212 g/mol. The maximum Gasteiger partial charge on any atom is 0.0845 e. The van der Waals surface area contributed by atoms with Gasteiger partial charge in [0.2, 0.25) is 0 Å². The van der Waals surface area contributed by atoms with Crippen molar-refractivity contribution in [2.45, 2.75) is 57.9 Å². The zero-order valence-corrected chi connectivity index (χ0v) is 11.2. The first-order chi connectivity index (χ1) is 7.89. The van der Waals surface area contributed by atoms with Crippen molar-refractivity contribution in [1.82, 2.24) is 15.0 Å². The number of hydrogen-bond donors (Lipinski definition) is 1. The van der Waals surface area contributed by atoms with Crippen LogP contribution < -0.4 is 5.73 Å². The Labute approximate surface area is 104 Å². The molecule has 0 aromatic carbocycles. The fourth-order valence-corrected chi connectivity index (χ4v) is 2.77. The Bertz CT molecular complexity index is 383. The molecule has 2 N–H and O–H groups in total. The topological polar surface area (TPSA) is 56.7 Å². The fourth-order valence-electron chi connectivity index (χ4n) is 2.77. The summed E-state index contributed by atoms with van der Waals surface area (Å²) < 4.78 is 1.75. The molecule has 0 spiro atoms. The summed E-state index contributed by atoms with van der Waals surface area (Å²) in [5.74, 6) is 0. The molecule has 1 aliphatic carbocycles. The third kappa shape index (κ3) is 3.28. The summed E-state index contributed by atoms with van der Waals surface area (Å²) in [4.78, 5) is 0. The van der Waals surface area contributed by atoms with E-state index in [1.165, 1.54) is 19.3 Å². The molecule has 0 radical (unpaired) electrons. The minimum absolute atomic E-state index is 0.0796. The first-order valence-corrected chi connectivity index (χ1v) is 6.53. The lowest BCUT2D eigenvalue weighted by Crippen LogP contribution is -2.41. The molecule has 17 heavy (non-hydrogen) atoms. The van der Waals surface area contributed by atoms with Crippen LogP contribution in [0, 0.1) is 5.41 Å². The highest BCUT2D eigenvalue weighted by atomic mass is 15.4. The van der Waals surface area contributed by atoms with Crippen LogP contribution in [0.4, 0.5) is 0 Å². The number of aromatic nitrogens is 3. The number of hydrogen-bond acceptors (Lipinski definition) is 3. The molecule has 1 atom stereocenters. The second-order valence-corrected chi connectivity index (χ2v) is 6.44. The van der Waals surface area contributed by atoms with E-state index >= 15 is 0 Å². The van der Waals surface area contributed by atoms with E-state index in [1.54, 1.807) is 4.68 Å². The molecule has 4 heteroatoms. The Balaban J connectivity index is 2.03. The first-order valence-electron chi connectivity index (χ1n) is 6.53. The zero-order valence-electron chi connectivity index (χ0n) is 11.2. The SMILES string of the molecule is Cn1cc(CC2(N)CCCC(C)(C)CC2)nn1. The largest absolute Gasteiger partial charge is 0.325 e. The second kappa shape index (κ2) is 4.41. The molecule has 0 bridgehead atoms. The molecule has 1 fully saturated rings. The number of aryl methyl sites for hydroxylation is 1. The van der Waals surface area contributed by atoms with Gasteiger partial charge < -0.3 is 5.73 Å². The summed E-state index contributed by atoms with van der Waals surface area (Å²) in [5, 5.41) is 8.13. The van der Waals surface area contributed by atoms with Crippen molar-refractivity contribution in [3.8, 4) is 0 Å². The van der Waals surface area contributed by atoms with Crippen molar-refractivity contribution in [2.75, 3.05) is 0 Å². The van der Waals surface area contributed by atoms with E-state index in [9.17, 15) is 0 Å². The molecule has 1 heterocycles. The van der Waals surface area contributed by atoms with Gasteiger partial charge in [-0.25, -0.2) is 0 Å². The Morgan fingerprint density at radius 2 is 2.06 bits per heavy atom. The predicted molar refractivity (Wildman–Crippen MR) is 68.5 cm³/mol. The molecular formula is C13H24N4. The molecule has 0 aliphatic heterocycles. The van der Waals surface area contributed by atoms with Gasteiger partial charge in [0.1, 0.15) is 0 Å². The predicted octanol–water partition coefficient (Wildman–Crippen LogP) is 2.05. The highest BCUT2D eigenvalue weighted by Gasteiger charge is 2.33. The van der Waals surface area contributed by atoms with Gasteiger partial charge in [0.15, 0.2) is 0 Å². The maximum absolute atomic E-state index is 6.54. The third-order valence-electron chi connectivity index (χ3n) is 4.01. The van der Waals surface area contributed by atoms with Crippen molar-refractivity contribution < 1.29 is 0 Å². The molecule has 1 aliphatic rings. The zero-order chi connectivity index (χ0) is 12.5. The van der Waals surface area contributed by atoms with E-state index in [4.69, 9.17) is 5.73 Å². The summed E-state index contributed by atoms with van der Waals surface area (Å²) in [7, 11) is 1.90. The summed E-state index contributed by atoms with van der Waals surface area (Å²) in [5.41, 5.74) is 7.94. The van der Waals surface area contributed by atoms with Crippen molar-refractivity contribution in [2.24, 2.45) is 18.2 Å². The van der Waals surface area contributed by atoms with Gasteiger partial charge in [0.25, 0.3) is 0 Å². The number of nitrogens with two attached hydrogens (primary N) is 1. The Morgan fingerprint density at radius 3 is 2.71 bits per heavy atom. The molecule has 1 aromatic rings. The molecule has 4 nitrogen and oxygen atoms in total. The normalized spacial score (nSPS) is 28.9. The summed E-state index contributed by atoms with van der Waals surface area (Å²) in [6.45, 7) is 4.70. The van der Waals surface area contributed by atoms with Gasteiger partial charge >= 0.3 is 0 Å². The molecule has 1 saturated carbocycles. The number of nitrogens with zero attached hydrogens (tertiary/aromatic N) is 3. The fraction of sp³-hybridized carbons (Fsp3) is 0.846. The Morgan fingerprint density at radius 1 is 1.29 bits per heavy atom. The minimum atomic E-state index is -0.0796. The van der Waals surface area contributed by atoms with Crippen LogP contribution in [0.5, 0.6) is 0 Å². The van der Waals surface area contributed by atoms with Gasteiger partial charge in [-0.2, -0.15) is 0 Å². The summed E-state index contributed by atoms with van der Waals surface area (Å²) >= 11 is 0. The maximum atomic E-state index is 6.54. The van der Waals surface area contributed by atoms with Gasteiger partial charge in [-0.05, 0) is 31.1 Å². The van der Waals surface area contributed by atoms with Crippen LogP contribution in [0.1, 0.15) is 51.6 Å². The lowest BCUT2D eigenvalue weighted by Gasteiger charge is -2.28. The van der Waals surface area contributed by atoms with Gasteiger partial charge in [-0.15, -0.1) is 5.10 Å². The van der Waals surface area contributed by atoms with Gasteiger partial charge in [0.05, 0.1) is 5.69 Å². The molecule has 0 saturated heterocycles. The number of rotatable bonds is 2. The van der Waals surface area contributed by atoms with Crippen LogP contribution in [0.25, 0.3) is 0 Å². The van der Waals surface area contributed by atoms with E-state index in [-0.39, 0.29) is 5.54 Å². The molecule has 1 unspecified atom stereocenters. The van der Waals surface area contributed by atoms with Gasteiger partial charge in [-0.1, -0.05) is 25.5 Å². The smallest absolute Gasteiger partial charge is 0.0845 e. The van der Waals surface area contributed by atoms with Crippen LogP contribution in [0.2, 0.25) is 0 Å². The standard InChI is InChI=1S/C13H24N4/c1-12(2)5-4-6-13(14,8-7-12)9-11-10-17(3)16-15-11/h10H,4-9,14H2,1-3H3. The molecule has 1 aromatic heterocycles. The van der Waals surface area contributed by atoms with Crippen molar-refractivity contribution in [1.29, 1.82) is 0 Å². The first kappa shape index (κ1) is 12.6. The van der Waals surface area contributed by atoms with Crippen LogP contribution >= 0.6 is 0 Å². The van der Waals surface area contributed by atoms with Crippen molar-refractivity contribution in [3.63, 3.8) is 0 Å². The van der Waals surface area contributed by atoms with Gasteiger partial charge in [-0.3, -0.25) is 4.68 Å². The monoisotopic (exact) mass is 236 g/mol. The average molecular weight is 236 g/mol. The highest BCUT2D eigenvalue weighted by molar-refractivity contribution is 5.03. The van der Waals surface area contributed by atoms with Crippen LogP contribution in [0.15, 0.2) is 6.20 Å². The summed E-state index contributed by atoms with van der Waals surface area (Å²) in [6, 6.07) is 0. The Kier molecular flexibility index (Phi) is 3.25. The second-order valence-electron chi connectivity index (χ2n) is 6.44. The molecule has 2 rings (SSSR count). The van der Waals surface area contributed by atoms with E-state index in [0.29, 0.717) is 5.41 Å². The van der Waals surface area contributed by atoms with E-state index in [1.807, 2.05) is 13.2 Å². The van der Waals surface area contributed by atoms with Crippen molar-refractivity contribution in [3.05, 3.63) is 11.9 Å². The molecule has 0 amide bonds. The van der Waals surface area contributed by atoms with E-state index in [2.05, 4.69) is 24.2 Å². The van der Waals surface area contributed by atoms with Crippen LogP contribution in [0.3, 0.4) is 0 Å². The lowest BCUT2D eigenvalue weighted by molar-refractivity contribution is 0.296. The minimum Gasteiger partial charge on any atom is -0.325 e. The van der Waals surface area contributed by atoms with Crippen LogP contribution in [-0.4, -0.2) is 20.5 Å².